The average Bonchev–Trinajstić information content (AvgIpc) is 2.76. The molecule has 0 aliphatic rings. The number of hydrogen-bond donors (Lipinski definition) is 1. The van der Waals surface area contributed by atoms with Crippen molar-refractivity contribution in [3.63, 3.8) is 0 Å². The molecule has 0 aromatic heterocycles. The Balaban J connectivity index is 2.25. The van der Waals surface area contributed by atoms with Gasteiger partial charge in [-0.3, -0.25) is 4.79 Å². The normalized spacial score (nSPS) is 11.1. The summed E-state index contributed by atoms with van der Waals surface area (Å²) in [4.78, 5) is 24.7. The molecular weight excluding hydrogens is 406 g/mol. The Morgan fingerprint density at radius 3 is 2.33 bits per heavy atom. The Morgan fingerprint density at radius 1 is 1.03 bits per heavy atom. The molecule has 0 saturated carbocycles. The van der Waals surface area contributed by atoms with Gasteiger partial charge in [-0.05, 0) is 47.5 Å². The fourth-order valence-electron chi connectivity index (χ4n) is 2.39. The smallest absolute Gasteiger partial charge is 0.355 e. The molecule has 30 heavy (non-hydrogen) atoms. The summed E-state index contributed by atoms with van der Waals surface area (Å²) in [5, 5.41) is 3.15. The van der Waals surface area contributed by atoms with Crippen molar-refractivity contribution in [2.24, 2.45) is 0 Å². The quantitative estimate of drug-likeness (QED) is 0.368. The molecule has 0 radical (unpaired) electrons. The summed E-state index contributed by atoms with van der Waals surface area (Å²) in [5.74, 6) is -0.162. The predicted octanol–water partition coefficient (Wildman–Crippen LogP) is 4.26. The second-order valence-electron chi connectivity index (χ2n) is 5.93. The van der Waals surface area contributed by atoms with E-state index in [9.17, 15) is 9.59 Å². The highest BCUT2D eigenvalue weighted by molar-refractivity contribution is 6.30. The lowest BCUT2D eigenvalue weighted by atomic mass is 10.1. The van der Waals surface area contributed by atoms with Gasteiger partial charge in [0.15, 0.2) is 11.5 Å². The summed E-state index contributed by atoms with van der Waals surface area (Å²) >= 11 is 5.85. The van der Waals surface area contributed by atoms with E-state index >= 15 is 0 Å². The summed E-state index contributed by atoms with van der Waals surface area (Å²) in [7, 11) is 3.03. The van der Waals surface area contributed by atoms with Crippen LogP contribution in [0.4, 0.5) is 0 Å². The van der Waals surface area contributed by atoms with Crippen LogP contribution in [0.25, 0.3) is 12.2 Å². The molecule has 7 heteroatoms. The van der Waals surface area contributed by atoms with Crippen molar-refractivity contribution in [1.82, 2.24) is 5.32 Å². The molecule has 156 valence electrons. The first-order valence-electron chi connectivity index (χ1n) is 8.93. The maximum absolute atomic E-state index is 12.4. The second-order valence-corrected chi connectivity index (χ2v) is 6.37. The largest absolute Gasteiger partial charge is 0.493 e. The van der Waals surface area contributed by atoms with Crippen molar-refractivity contribution in [1.29, 1.82) is 0 Å². The standard InChI is InChI=1S/C23H22ClNO5/c1-4-13-30-23(27)19(14-17-7-11-20(28-2)21(15-17)29-3)25-22(26)12-8-16-5-9-18(24)10-6-16/h4-12,14-15H,1,13H2,2-3H3,(H,25,26). The molecule has 0 aliphatic carbocycles. The van der Waals surface area contributed by atoms with E-state index in [-0.39, 0.29) is 12.3 Å². The number of methoxy groups -OCH3 is 2. The van der Waals surface area contributed by atoms with Gasteiger partial charge in [0, 0.05) is 11.1 Å². The fraction of sp³-hybridized carbons (Fsp3) is 0.130. The van der Waals surface area contributed by atoms with Crippen LogP contribution in [-0.4, -0.2) is 32.7 Å². The minimum absolute atomic E-state index is 0.0125. The third-order valence-corrected chi connectivity index (χ3v) is 4.08. The van der Waals surface area contributed by atoms with Gasteiger partial charge >= 0.3 is 5.97 Å². The van der Waals surface area contributed by atoms with E-state index in [1.807, 2.05) is 0 Å². The number of ether oxygens (including phenoxy) is 3. The molecule has 0 atom stereocenters. The van der Waals surface area contributed by atoms with E-state index in [1.165, 1.54) is 32.4 Å². The zero-order valence-corrected chi connectivity index (χ0v) is 17.4. The molecule has 2 rings (SSSR count). The van der Waals surface area contributed by atoms with Crippen molar-refractivity contribution < 1.29 is 23.8 Å². The Labute approximate surface area is 180 Å². The van der Waals surface area contributed by atoms with Crippen LogP contribution in [0.2, 0.25) is 5.02 Å². The molecule has 0 unspecified atom stereocenters. The summed E-state index contributed by atoms with van der Waals surface area (Å²) in [6.45, 7) is 3.53. The molecule has 0 saturated heterocycles. The van der Waals surface area contributed by atoms with Gasteiger partial charge in [-0.2, -0.15) is 0 Å². The molecule has 0 spiro atoms. The molecule has 1 amide bonds. The first-order chi connectivity index (χ1) is 14.5. The number of halogens is 1. The van der Waals surface area contributed by atoms with Crippen molar-refractivity contribution in [2.75, 3.05) is 20.8 Å². The van der Waals surface area contributed by atoms with E-state index in [0.29, 0.717) is 22.1 Å². The summed E-state index contributed by atoms with van der Waals surface area (Å²) in [5.41, 5.74) is 1.37. The highest BCUT2D eigenvalue weighted by Crippen LogP contribution is 2.28. The molecule has 0 heterocycles. The number of rotatable bonds is 9. The molecule has 0 aliphatic heterocycles. The van der Waals surface area contributed by atoms with E-state index in [1.54, 1.807) is 48.5 Å². The molecule has 6 nitrogen and oxygen atoms in total. The van der Waals surface area contributed by atoms with Crippen LogP contribution < -0.4 is 14.8 Å². The van der Waals surface area contributed by atoms with Gasteiger partial charge in [0.05, 0.1) is 14.2 Å². The van der Waals surface area contributed by atoms with E-state index in [4.69, 9.17) is 25.8 Å². The van der Waals surface area contributed by atoms with Gasteiger partial charge in [-0.1, -0.05) is 42.5 Å². The predicted molar refractivity (Wildman–Crippen MR) is 117 cm³/mol. The van der Waals surface area contributed by atoms with E-state index in [0.717, 1.165) is 5.56 Å². The van der Waals surface area contributed by atoms with Gasteiger partial charge in [-0.25, -0.2) is 4.79 Å². The Bertz CT molecular complexity index is 964. The molecule has 0 fully saturated rings. The highest BCUT2D eigenvalue weighted by Gasteiger charge is 2.14. The van der Waals surface area contributed by atoms with Crippen LogP contribution in [0.15, 0.2) is 66.9 Å². The number of esters is 1. The van der Waals surface area contributed by atoms with Gasteiger partial charge < -0.3 is 19.5 Å². The third-order valence-electron chi connectivity index (χ3n) is 3.83. The average molecular weight is 428 g/mol. The van der Waals surface area contributed by atoms with Gasteiger partial charge in [0.1, 0.15) is 12.3 Å². The van der Waals surface area contributed by atoms with Crippen LogP contribution in [0.5, 0.6) is 11.5 Å². The minimum Gasteiger partial charge on any atom is -0.493 e. The van der Waals surface area contributed by atoms with E-state index < -0.39 is 11.9 Å². The number of benzene rings is 2. The first kappa shape index (κ1) is 22.8. The van der Waals surface area contributed by atoms with Crippen molar-refractivity contribution in [3.05, 3.63) is 83.0 Å². The van der Waals surface area contributed by atoms with E-state index in [2.05, 4.69) is 11.9 Å². The molecule has 2 aromatic rings. The van der Waals surface area contributed by atoms with Crippen LogP contribution >= 0.6 is 11.6 Å². The Morgan fingerprint density at radius 2 is 1.70 bits per heavy atom. The maximum Gasteiger partial charge on any atom is 0.355 e. The second kappa shape index (κ2) is 11.5. The lowest BCUT2D eigenvalue weighted by Gasteiger charge is -2.10. The lowest BCUT2D eigenvalue weighted by molar-refractivity contribution is -0.139. The lowest BCUT2D eigenvalue weighted by Crippen LogP contribution is -2.27. The number of amides is 1. The number of carbonyl (C=O) groups is 2. The van der Waals surface area contributed by atoms with Crippen LogP contribution in [0, 0.1) is 0 Å². The van der Waals surface area contributed by atoms with Crippen molar-refractivity contribution in [2.45, 2.75) is 0 Å². The highest BCUT2D eigenvalue weighted by atomic mass is 35.5. The first-order valence-corrected chi connectivity index (χ1v) is 9.31. The number of hydrogen-bond acceptors (Lipinski definition) is 5. The zero-order chi connectivity index (χ0) is 21.9. The number of carbonyl (C=O) groups excluding carboxylic acids is 2. The topological polar surface area (TPSA) is 73.9 Å². The van der Waals surface area contributed by atoms with Gasteiger partial charge in [0.2, 0.25) is 5.91 Å². The molecule has 1 N–H and O–H groups in total. The monoisotopic (exact) mass is 427 g/mol. The van der Waals surface area contributed by atoms with Crippen LogP contribution in [0.1, 0.15) is 11.1 Å². The molecule has 2 aromatic carbocycles. The van der Waals surface area contributed by atoms with Gasteiger partial charge in [0.25, 0.3) is 0 Å². The zero-order valence-electron chi connectivity index (χ0n) is 16.7. The van der Waals surface area contributed by atoms with Crippen LogP contribution in [0.3, 0.4) is 0 Å². The summed E-state index contributed by atoms with van der Waals surface area (Å²) in [6.07, 6.45) is 5.84. The SMILES string of the molecule is C=CCOC(=O)C(=Cc1ccc(OC)c(OC)c1)NC(=O)C=Cc1ccc(Cl)cc1. The molecular formula is C23H22ClNO5. The number of nitrogens with one attached hydrogen (secondary N) is 1. The minimum atomic E-state index is -0.696. The summed E-state index contributed by atoms with van der Waals surface area (Å²) < 4.78 is 15.5. The fourth-order valence-corrected chi connectivity index (χ4v) is 2.51. The van der Waals surface area contributed by atoms with Crippen molar-refractivity contribution in [3.8, 4) is 11.5 Å². The third kappa shape index (κ3) is 6.83. The van der Waals surface area contributed by atoms with Gasteiger partial charge in [-0.15, -0.1) is 0 Å². The Kier molecular flexibility index (Phi) is 8.72. The Hall–Kier alpha value is -3.51. The van der Waals surface area contributed by atoms with Crippen molar-refractivity contribution >= 4 is 35.6 Å². The maximum atomic E-state index is 12.4. The summed E-state index contributed by atoms with van der Waals surface area (Å²) in [6, 6.07) is 12.1. The van der Waals surface area contributed by atoms with Crippen LogP contribution in [-0.2, 0) is 14.3 Å². The molecule has 0 bridgehead atoms.